The summed E-state index contributed by atoms with van der Waals surface area (Å²) in [5.41, 5.74) is 2.55. The van der Waals surface area contributed by atoms with Gasteiger partial charge in [0.25, 0.3) is 5.91 Å². The minimum Gasteiger partial charge on any atom is -0.366 e. The Kier molecular flexibility index (Phi) is 3.49. The van der Waals surface area contributed by atoms with E-state index in [1.54, 1.807) is 17.1 Å². The fourth-order valence-electron chi connectivity index (χ4n) is 3.53. The maximum Gasteiger partial charge on any atom is 0.253 e. The quantitative estimate of drug-likeness (QED) is 0.901. The normalized spacial score (nSPS) is 25.0. The monoisotopic (exact) mass is 313 g/mol. The summed E-state index contributed by atoms with van der Waals surface area (Å²) in [5.74, 6) is 0.500. The number of rotatable bonds is 4. The molecular weight excluding hydrogens is 290 g/mol. The van der Waals surface area contributed by atoms with Crippen molar-refractivity contribution < 1.29 is 4.79 Å². The third kappa shape index (κ3) is 2.79. The molecular formula is C17H23N5O. The Hall–Kier alpha value is -2.08. The van der Waals surface area contributed by atoms with Gasteiger partial charge in [-0.3, -0.25) is 14.4 Å². The first-order valence-corrected chi connectivity index (χ1v) is 8.32. The number of carbonyl (C=O) groups excluding carboxylic acids is 1. The van der Waals surface area contributed by atoms with Gasteiger partial charge >= 0.3 is 0 Å². The van der Waals surface area contributed by atoms with Crippen molar-refractivity contribution in [2.24, 2.45) is 13.0 Å². The molecule has 2 aromatic heterocycles. The molecule has 0 aromatic carbocycles. The second-order valence-corrected chi connectivity index (χ2v) is 6.93. The van der Waals surface area contributed by atoms with E-state index in [2.05, 4.69) is 27.2 Å². The number of aryl methyl sites for hydroxylation is 1. The van der Waals surface area contributed by atoms with E-state index in [1.165, 1.54) is 12.8 Å². The topological polar surface area (TPSA) is 66.0 Å². The SMILES string of the molecule is CC1CN(C2CC2)CC1NC(=O)c1c[nH]cc1-c1cnn(C)c1. The molecule has 2 atom stereocenters. The summed E-state index contributed by atoms with van der Waals surface area (Å²) in [4.78, 5) is 18.3. The van der Waals surface area contributed by atoms with Crippen molar-refractivity contribution in [1.82, 2.24) is 25.0 Å². The minimum atomic E-state index is -0.000370. The van der Waals surface area contributed by atoms with Crippen LogP contribution < -0.4 is 5.32 Å². The molecule has 0 bridgehead atoms. The molecule has 2 unspecified atom stereocenters. The van der Waals surface area contributed by atoms with Crippen molar-refractivity contribution in [3.8, 4) is 11.1 Å². The Morgan fingerprint density at radius 3 is 2.87 bits per heavy atom. The van der Waals surface area contributed by atoms with Crippen LogP contribution in [0, 0.1) is 5.92 Å². The Labute approximate surface area is 135 Å². The summed E-state index contributed by atoms with van der Waals surface area (Å²) in [6.45, 7) is 4.30. The molecule has 6 heteroatoms. The number of aromatic amines is 1. The van der Waals surface area contributed by atoms with Gasteiger partial charge < -0.3 is 10.3 Å². The third-order valence-corrected chi connectivity index (χ3v) is 5.03. The van der Waals surface area contributed by atoms with E-state index < -0.39 is 0 Å². The average Bonchev–Trinajstić information content (AvgIpc) is 2.92. The standard InChI is InChI=1S/C17H23N5O/c1-11-8-22(13-3-4-13)10-16(11)20-17(23)15-7-18-6-14(15)12-5-19-21(2)9-12/h5-7,9,11,13,16,18H,3-4,8,10H2,1-2H3,(H,20,23). The van der Waals surface area contributed by atoms with Crippen molar-refractivity contribution in [3.05, 3.63) is 30.4 Å². The third-order valence-electron chi connectivity index (χ3n) is 5.03. The highest BCUT2D eigenvalue weighted by Crippen LogP contribution is 2.32. The highest BCUT2D eigenvalue weighted by Gasteiger charge is 2.38. The van der Waals surface area contributed by atoms with Crippen LogP contribution in [-0.4, -0.2) is 50.7 Å². The zero-order valence-corrected chi connectivity index (χ0v) is 13.6. The number of nitrogens with zero attached hydrogens (tertiary/aromatic N) is 3. The molecule has 6 nitrogen and oxygen atoms in total. The van der Waals surface area contributed by atoms with Gasteiger partial charge in [-0.15, -0.1) is 0 Å². The predicted molar refractivity (Wildman–Crippen MR) is 88.0 cm³/mol. The fraction of sp³-hybridized carbons (Fsp3) is 0.529. The number of likely N-dealkylation sites (tertiary alicyclic amines) is 1. The summed E-state index contributed by atoms with van der Waals surface area (Å²) < 4.78 is 1.75. The van der Waals surface area contributed by atoms with Gasteiger partial charge in [0, 0.05) is 61.9 Å². The zero-order valence-electron chi connectivity index (χ0n) is 13.6. The molecule has 23 heavy (non-hydrogen) atoms. The summed E-state index contributed by atoms with van der Waals surface area (Å²) in [6, 6.07) is 0.998. The number of amides is 1. The zero-order chi connectivity index (χ0) is 16.0. The predicted octanol–water partition coefficient (Wildman–Crippen LogP) is 1.63. The molecule has 4 rings (SSSR count). The average molecular weight is 313 g/mol. The van der Waals surface area contributed by atoms with Crippen molar-refractivity contribution in [1.29, 1.82) is 0 Å². The molecule has 122 valence electrons. The van der Waals surface area contributed by atoms with E-state index in [-0.39, 0.29) is 11.9 Å². The maximum atomic E-state index is 12.7. The summed E-state index contributed by atoms with van der Waals surface area (Å²) in [7, 11) is 1.88. The van der Waals surface area contributed by atoms with Crippen LogP contribution >= 0.6 is 0 Å². The number of aromatic nitrogens is 3. The fourth-order valence-corrected chi connectivity index (χ4v) is 3.53. The second-order valence-electron chi connectivity index (χ2n) is 6.93. The molecule has 2 aliphatic rings. The van der Waals surface area contributed by atoms with Crippen LogP contribution in [0.2, 0.25) is 0 Å². The smallest absolute Gasteiger partial charge is 0.253 e. The molecule has 1 amide bonds. The lowest BCUT2D eigenvalue weighted by atomic mass is 10.0. The van der Waals surface area contributed by atoms with E-state index in [0.29, 0.717) is 11.5 Å². The van der Waals surface area contributed by atoms with Gasteiger partial charge in [-0.25, -0.2) is 0 Å². The molecule has 0 radical (unpaired) electrons. The summed E-state index contributed by atoms with van der Waals surface area (Å²) >= 11 is 0. The number of carbonyl (C=O) groups is 1. The van der Waals surface area contributed by atoms with Crippen molar-refractivity contribution in [2.75, 3.05) is 13.1 Å². The lowest BCUT2D eigenvalue weighted by molar-refractivity contribution is 0.0932. The molecule has 1 aliphatic heterocycles. The van der Waals surface area contributed by atoms with E-state index in [1.807, 2.05) is 19.4 Å². The molecule has 2 aromatic rings. The number of hydrogen-bond donors (Lipinski definition) is 2. The summed E-state index contributed by atoms with van der Waals surface area (Å²) in [5, 5.41) is 7.42. The van der Waals surface area contributed by atoms with Crippen LogP contribution in [0.1, 0.15) is 30.1 Å². The van der Waals surface area contributed by atoms with Gasteiger partial charge in [0.15, 0.2) is 0 Å². The van der Waals surface area contributed by atoms with Crippen LogP contribution in [0.4, 0.5) is 0 Å². The van der Waals surface area contributed by atoms with Gasteiger partial charge in [-0.05, 0) is 18.8 Å². The van der Waals surface area contributed by atoms with Crippen LogP contribution in [-0.2, 0) is 7.05 Å². The van der Waals surface area contributed by atoms with Gasteiger partial charge in [0.05, 0.1) is 11.8 Å². The first-order valence-electron chi connectivity index (χ1n) is 8.32. The van der Waals surface area contributed by atoms with Crippen LogP contribution in [0.5, 0.6) is 0 Å². The van der Waals surface area contributed by atoms with Gasteiger partial charge in [0.2, 0.25) is 0 Å². The molecule has 3 heterocycles. The molecule has 1 aliphatic carbocycles. The highest BCUT2D eigenvalue weighted by molar-refractivity contribution is 6.00. The van der Waals surface area contributed by atoms with Crippen molar-refractivity contribution in [2.45, 2.75) is 31.8 Å². The van der Waals surface area contributed by atoms with Crippen LogP contribution in [0.15, 0.2) is 24.8 Å². The number of nitrogens with one attached hydrogen (secondary N) is 2. The first kappa shape index (κ1) is 14.5. The number of H-pyrrole nitrogens is 1. The molecule has 2 N–H and O–H groups in total. The van der Waals surface area contributed by atoms with Crippen molar-refractivity contribution in [3.63, 3.8) is 0 Å². The van der Waals surface area contributed by atoms with Crippen LogP contribution in [0.25, 0.3) is 11.1 Å². The van der Waals surface area contributed by atoms with E-state index in [9.17, 15) is 4.79 Å². The Balaban J connectivity index is 1.48. The van der Waals surface area contributed by atoms with Gasteiger partial charge in [-0.1, -0.05) is 6.92 Å². The maximum absolute atomic E-state index is 12.7. The lowest BCUT2D eigenvalue weighted by Crippen LogP contribution is -2.40. The Morgan fingerprint density at radius 1 is 1.35 bits per heavy atom. The molecule has 0 spiro atoms. The van der Waals surface area contributed by atoms with Crippen LogP contribution in [0.3, 0.4) is 0 Å². The molecule has 1 saturated heterocycles. The summed E-state index contributed by atoms with van der Waals surface area (Å²) in [6.07, 6.45) is 9.98. The minimum absolute atomic E-state index is 0.000370. The second kappa shape index (κ2) is 5.53. The van der Waals surface area contributed by atoms with Crippen molar-refractivity contribution >= 4 is 5.91 Å². The van der Waals surface area contributed by atoms with E-state index >= 15 is 0 Å². The Bertz CT molecular complexity index is 714. The molecule has 1 saturated carbocycles. The lowest BCUT2D eigenvalue weighted by Gasteiger charge is -2.17. The Morgan fingerprint density at radius 2 is 2.17 bits per heavy atom. The van der Waals surface area contributed by atoms with E-state index in [0.717, 1.165) is 30.3 Å². The molecule has 2 fully saturated rings. The van der Waals surface area contributed by atoms with Gasteiger partial charge in [-0.2, -0.15) is 5.10 Å². The first-order chi connectivity index (χ1) is 11.1. The largest absolute Gasteiger partial charge is 0.366 e. The van der Waals surface area contributed by atoms with E-state index in [4.69, 9.17) is 0 Å². The number of hydrogen-bond acceptors (Lipinski definition) is 3. The highest BCUT2D eigenvalue weighted by atomic mass is 16.1. The van der Waals surface area contributed by atoms with Gasteiger partial charge in [0.1, 0.15) is 0 Å².